The van der Waals surface area contributed by atoms with Gasteiger partial charge < -0.3 is 93.6 Å². The second-order valence-electron chi connectivity index (χ2n) is 34.8. The van der Waals surface area contributed by atoms with Gasteiger partial charge >= 0.3 is 11.9 Å². The molecule has 5 rings (SSSR count). The van der Waals surface area contributed by atoms with Crippen molar-refractivity contribution < 1.29 is 98.1 Å². The molecule has 0 aromatic carbocycles. The van der Waals surface area contributed by atoms with Crippen molar-refractivity contribution in [2.24, 2.45) is 81.3 Å². The van der Waals surface area contributed by atoms with Crippen LogP contribution >= 0.6 is 0 Å². The average Bonchev–Trinajstić information content (AvgIpc) is 0.825. The van der Waals surface area contributed by atoms with Crippen LogP contribution in [0.4, 0.5) is 0 Å². The third-order valence-electron chi connectivity index (χ3n) is 25.1. The van der Waals surface area contributed by atoms with Gasteiger partial charge in [0.1, 0.15) is 24.4 Å². The van der Waals surface area contributed by atoms with Gasteiger partial charge in [0.05, 0.1) is 74.5 Å². The van der Waals surface area contributed by atoms with Crippen LogP contribution in [0.25, 0.3) is 0 Å². The lowest BCUT2D eigenvalue weighted by molar-refractivity contribution is -0.161. The number of allylic oxidation sites excluding steroid dienone is 14. The average molecular weight is 1710 g/mol. The van der Waals surface area contributed by atoms with E-state index >= 15 is 0 Å². The first-order valence-corrected chi connectivity index (χ1v) is 44.8. The van der Waals surface area contributed by atoms with Crippen molar-refractivity contribution in [2.75, 3.05) is 80.9 Å². The number of hydrogen-bond acceptors (Lipinski definition) is 23. The molecular formula is C97H157N5O20. The van der Waals surface area contributed by atoms with E-state index in [4.69, 9.17) is 38.1 Å². The minimum Gasteiger partial charge on any atom is -0.490 e. The number of cyclic esters (lactones) is 2. The number of methoxy groups -OCH3 is 4. The van der Waals surface area contributed by atoms with Gasteiger partial charge in [-0.3, -0.25) is 9.59 Å². The molecule has 0 bridgehead atoms. The zero-order chi connectivity index (χ0) is 91.0. The van der Waals surface area contributed by atoms with Crippen LogP contribution in [0.15, 0.2) is 153 Å². The highest BCUT2D eigenvalue weighted by Gasteiger charge is 2.42. The summed E-state index contributed by atoms with van der Waals surface area (Å²) in [4.78, 5) is 71.6. The summed E-state index contributed by atoms with van der Waals surface area (Å²) >= 11 is 0. The molecule has 5 heterocycles. The Morgan fingerprint density at radius 3 is 1.23 bits per heavy atom. The minimum absolute atomic E-state index is 0.0841. The predicted molar refractivity (Wildman–Crippen MR) is 481 cm³/mol. The minimum atomic E-state index is -1.18. The maximum Gasteiger partial charge on any atom is 0.373 e. The van der Waals surface area contributed by atoms with Crippen LogP contribution in [0.3, 0.4) is 0 Å². The van der Waals surface area contributed by atoms with Crippen molar-refractivity contribution in [2.45, 2.75) is 281 Å². The summed E-state index contributed by atoms with van der Waals surface area (Å²) in [6.07, 6.45) is 31.8. The Morgan fingerprint density at radius 1 is 0.525 bits per heavy atom. The highest BCUT2D eigenvalue weighted by molar-refractivity contribution is 5.97. The molecular weight excluding hydrogens is 1560 g/mol. The van der Waals surface area contributed by atoms with Crippen molar-refractivity contribution in [3.05, 3.63) is 143 Å². The zero-order valence-electron chi connectivity index (χ0n) is 77.7. The first-order valence-electron chi connectivity index (χ1n) is 44.8. The van der Waals surface area contributed by atoms with Crippen LogP contribution in [0.5, 0.6) is 0 Å². The van der Waals surface area contributed by atoms with Crippen LogP contribution in [0.1, 0.15) is 202 Å². The van der Waals surface area contributed by atoms with Crippen molar-refractivity contribution in [1.82, 2.24) is 14.7 Å². The van der Waals surface area contributed by atoms with Gasteiger partial charge in [-0.25, -0.2) is 9.59 Å². The summed E-state index contributed by atoms with van der Waals surface area (Å²) in [6.45, 7) is 38.0. The van der Waals surface area contributed by atoms with Gasteiger partial charge in [-0.1, -0.05) is 207 Å². The van der Waals surface area contributed by atoms with Crippen LogP contribution in [-0.4, -0.2) is 251 Å². The summed E-state index contributed by atoms with van der Waals surface area (Å²) in [5.74, 6) is -7.25. The monoisotopic (exact) mass is 1710 g/mol. The maximum atomic E-state index is 14.0. The number of aliphatic hydroxyl groups is 8. The van der Waals surface area contributed by atoms with Gasteiger partial charge in [0, 0.05) is 106 Å². The number of hydrogen-bond donors (Lipinski definition) is 8. The SMILES string of the molecule is C/C=C/C(O)C(C)/C=C/C(=N\OCC(=O)N1CCC(N2CCCCC2)CC1)C(C)C(O)C(C)C1OC(=O)/C(OC)=C/C(C)=C/C(C)C(O)C(CC)C(O)C(C)C/C(C)=C/C=C/C1OC.C/C=C/C(O)C(C)/C=C/C(=N\OCC(=O)N1CCCCC1)C(C)C(O)C(C)C1OC(=O)/C(OC)=C/C(C)=C/C(C)C(O)C(CC)C(O)C(C)C/C(C)=C/C=C/C1OC. The van der Waals surface area contributed by atoms with E-state index in [9.17, 15) is 60.0 Å². The number of nitrogens with zero attached hydrogens (tertiary/aromatic N) is 5. The van der Waals surface area contributed by atoms with E-state index in [1.54, 1.807) is 119 Å². The standard InChI is InChI=1S/C51H83N3O10.C46H74N2O10/c1-12-18-43(55)35(5)21-22-42(52-63-32-46(56)54-27-23-40(24-28-54)53-25-15-14-16-26-53)38(8)49(59)39(9)50-44(61-10)20-17-19-33(3)29-36(6)47(57)41(13-2)48(58)37(7)30-34(4)31-45(62-11)51(60)64-50;1-12-18-38(49)31(5)21-22-37(47-57-28-41(50)48-23-15-14-16-24-48)34(8)44(53)35(9)45-39(55-10)20-17-19-29(3)25-32(6)42(51)36(13-2)43(52)33(7)26-30(4)27-40(56-11)46(54)58-45/h12,17-22,30-31,35-41,43-44,47-50,55,57-59H,13-16,23-29,32H2,1-11H3;12,17-22,26-27,31-36,38-39,42-45,49,51-53H,13-16,23-25,28H2,1-11H3/b18-12+,20-17+,22-21+,33-19+,34-30+,45-31-,52-42+;18-12+,20-17+,22-21+,29-19+,30-26+,40-27-,47-37+. The Balaban J connectivity index is 0.000000515. The molecule has 3 saturated heterocycles. The first kappa shape index (κ1) is 107. The van der Waals surface area contributed by atoms with Gasteiger partial charge in [0.15, 0.2) is 13.2 Å². The lowest BCUT2D eigenvalue weighted by Crippen LogP contribution is -2.48. The van der Waals surface area contributed by atoms with E-state index < -0.39 is 109 Å². The van der Waals surface area contributed by atoms with Gasteiger partial charge in [0.25, 0.3) is 11.8 Å². The Hall–Kier alpha value is -7.14. The van der Waals surface area contributed by atoms with E-state index in [1.807, 2.05) is 124 Å². The number of amides is 2. The van der Waals surface area contributed by atoms with E-state index in [0.717, 1.165) is 56.3 Å². The fraction of sp³-hybridized carbons (Fsp3) is 0.691. The molecule has 0 aliphatic carbocycles. The molecule has 2 amide bonds. The Morgan fingerprint density at radius 2 is 0.885 bits per heavy atom. The summed E-state index contributed by atoms with van der Waals surface area (Å²) in [6, 6.07) is 0.500. The Bertz CT molecular complexity index is 3610. The van der Waals surface area contributed by atoms with Crippen molar-refractivity contribution >= 4 is 35.2 Å². The molecule has 0 saturated carbocycles. The van der Waals surface area contributed by atoms with Gasteiger partial charge in [-0.15, -0.1) is 0 Å². The number of esters is 2. The largest absolute Gasteiger partial charge is 0.490 e. The number of aliphatic hydroxyl groups excluding tert-OH is 8. The number of carbonyl (C=O) groups is 4. The van der Waals surface area contributed by atoms with E-state index in [1.165, 1.54) is 47.7 Å². The molecule has 25 nitrogen and oxygen atoms in total. The lowest BCUT2D eigenvalue weighted by atomic mass is 9.79. The molecule has 0 radical (unpaired) electrons. The number of likely N-dealkylation sites (tertiary alicyclic amines) is 3. The lowest BCUT2D eigenvalue weighted by Gasteiger charge is -2.40. The van der Waals surface area contributed by atoms with Gasteiger partial charge in [0.2, 0.25) is 11.5 Å². The summed E-state index contributed by atoms with van der Waals surface area (Å²) in [5, 5.41) is 99.6. The molecule has 24 atom stereocenters. The normalized spacial score (nSPS) is 32.3. The number of carbonyl (C=O) groups excluding carboxylic acids is 4. The molecule has 5 aliphatic rings. The highest BCUT2D eigenvalue weighted by atomic mass is 16.6. The second-order valence-corrected chi connectivity index (χ2v) is 34.8. The fourth-order valence-corrected chi connectivity index (χ4v) is 17.0. The zero-order valence-corrected chi connectivity index (χ0v) is 77.7. The van der Waals surface area contributed by atoms with Crippen LogP contribution in [0, 0.1) is 71.0 Å². The molecule has 0 spiro atoms. The van der Waals surface area contributed by atoms with Gasteiger partial charge in [-0.05, 0) is 161 Å². The molecule has 8 N–H and O–H groups in total. The molecule has 690 valence electrons. The third-order valence-corrected chi connectivity index (χ3v) is 25.1. The van der Waals surface area contributed by atoms with Crippen LogP contribution < -0.4 is 0 Å². The number of rotatable bonds is 29. The van der Waals surface area contributed by atoms with E-state index in [-0.39, 0.29) is 83.9 Å². The molecule has 5 aliphatic heterocycles. The molecule has 0 aromatic heterocycles. The fourth-order valence-electron chi connectivity index (χ4n) is 17.0. The Labute approximate surface area is 730 Å². The number of ether oxygens (including phenoxy) is 6. The molecule has 25 heteroatoms. The van der Waals surface area contributed by atoms with Crippen molar-refractivity contribution in [1.29, 1.82) is 0 Å². The number of piperidine rings is 3. The van der Waals surface area contributed by atoms with Crippen molar-refractivity contribution in [3.63, 3.8) is 0 Å². The maximum absolute atomic E-state index is 14.0. The van der Waals surface area contributed by atoms with Crippen LogP contribution in [-0.2, 0) is 57.3 Å². The molecule has 122 heavy (non-hydrogen) atoms. The highest BCUT2D eigenvalue weighted by Crippen LogP contribution is 2.35. The van der Waals surface area contributed by atoms with Gasteiger partial charge in [-0.2, -0.15) is 0 Å². The van der Waals surface area contributed by atoms with Crippen molar-refractivity contribution in [3.8, 4) is 0 Å². The topological polar surface area (TPSA) is 338 Å². The second kappa shape index (κ2) is 56.0. The molecule has 24 unspecified atom stereocenters. The summed E-state index contributed by atoms with van der Waals surface area (Å²) in [5.41, 5.74) is 3.96. The third kappa shape index (κ3) is 34.3. The first-order chi connectivity index (χ1) is 58.0. The molecule has 3 fully saturated rings. The van der Waals surface area contributed by atoms with E-state index in [2.05, 4.69) is 15.2 Å². The summed E-state index contributed by atoms with van der Waals surface area (Å²) in [7, 11) is 5.74. The predicted octanol–water partition coefficient (Wildman–Crippen LogP) is 13.4. The van der Waals surface area contributed by atoms with Crippen LogP contribution in [0.2, 0.25) is 0 Å². The molecule has 0 aromatic rings. The smallest absolute Gasteiger partial charge is 0.373 e. The number of oxime groups is 2. The Kier molecular flexibility index (Phi) is 49.2. The summed E-state index contributed by atoms with van der Waals surface area (Å²) < 4.78 is 35.3. The van der Waals surface area contributed by atoms with E-state index in [0.29, 0.717) is 80.5 Å². The quantitative estimate of drug-likeness (QED) is 0.0149.